The zero-order valence-corrected chi connectivity index (χ0v) is 11.8. The van der Waals surface area contributed by atoms with Gasteiger partial charge in [0.05, 0.1) is 11.3 Å². The molecule has 0 aliphatic rings. The molecule has 0 unspecified atom stereocenters. The van der Waals surface area contributed by atoms with Gasteiger partial charge in [-0.25, -0.2) is 9.67 Å². The molecule has 0 spiro atoms. The van der Waals surface area contributed by atoms with E-state index in [0.717, 1.165) is 29.3 Å². The molecule has 0 saturated carbocycles. The third-order valence-electron chi connectivity index (χ3n) is 3.27. The van der Waals surface area contributed by atoms with E-state index in [9.17, 15) is 4.79 Å². The van der Waals surface area contributed by atoms with Gasteiger partial charge in [0.2, 0.25) is 0 Å². The highest BCUT2D eigenvalue weighted by Crippen LogP contribution is 2.16. The van der Waals surface area contributed by atoms with Crippen molar-refractivity contribution in [3.05, 3.63) is 29.1 Å². The Balaban J connectivity index is 2.34. The Morgan fingerprint density at radius 1 is 1.26 bits per heavy atom. The minimum absolute atomic E-state index is 0.137. The van der Waals surface area contributed by atoms with Crippen LogP contribution in [-0.2, 0) is 13.1 Å². The maximum Gasteiger partial charge on any atom is 0.166 e. The van der Waals surface area contributed by atoms with Gasteiger partial charge in [-0.2, -0.15) is 10.2 Å². The molecule has 0 aliphatic carbocycles. The molecule has 2 rings (SSSR count). The molecule has 6 nitrogen and oxygen atoms in total. The second-order valence-corrected chi connectivity index (χ2v) is 4.47. The van der Waals surface area contributed by atoms with E-state index in [2.05, 4.69) is 15.2 Å². The summed E-state index contributed by atoms with van der Waals surface area (Å²) in [4.78, 5) is 16.1. The van der Waals surface area contributed by atoms with Crippen LogP contribution in [0.15, 0.2) is 6.33 Å². The van der Waals surface area contributed by atoms with Crippen molar-refractivity contribution in [2.45, 2.75) is 47.2 Å². The average molecular weight is 261 g/mol. The van der Waals surface area contributed by atoms with Crippen molar-refractivity contribution in [3.63, 3.8) is 0 Å². The summed E-state index contributed by atoms with van der Waals surface area (Å²) in [6.07, 6.45) is 2.04. The van der Waals surface area contributed by atoms with Gasteiger partial charge in [-0.05, 0) is 20.8 Å². The summed E-state index contributed by atoms with van der Waals surface area (Å²) in [5.74, 6) is 0.988. The highest BCUT2D eigenvalue weighted by Gasteiger charge is 2.18. The van der Waals surface area contributed by atoms with Crippen molar-refractivity contribution in [2.24, 2.45) is 0 Å². The number of ketones is 1. The summed E-state index contributed by atoms with van der Waals surface area (Å²) in [7, 11) is 0. The lowest BCUT2D eigenvalue weighted by Gasteiger charge is -2.05. The number of Topliss-reactive ketones (excluding diaryl/α,β-unsaturated/α-hetero) is 1. The number of carbonyl (C=O) groups is 1. The van der Waals surface area contributed by atoms with Crippen molar-refractivity contribution in [3.8, 4) is 0 Å². The van der Waals surface area contributed by atoms with Crippen LogP contribution >= 0.6 is 0 Å². The lowest BCUT2D eigenvalue weighted by Crippen LogP contribution is -2.11. The van der Waals surface area contributed by atoms with Gasteiger partial charge in [-0.3, -0.25) is 9.48 Å². The molecule has 0 atom stereocenters. The van der Waals surface area contributed by atoms with Gasteiger partial charge in [-0.1, -0.05) is 6.92 Å². The average Bonchev–Trinajstić information content (AvgIpc) is 2.94. The van der Waals surface area contributed by atoms with Crippen molar-refractivity contribution >= 4 is 5.78 Å². The minimum Gasteiger partial charge on any atom is -0.294 e. The predicted molar refractivity (Wildman–Crippen MR) is 71.1 cm³/mol. The van der Waals surface area contributed by atoms with Gasteiger partial charge in [0, 0.05) is 18.7 Å². The molecule has 0 aromatic carbocycles. The molecule has 0 amide bonds. The van der Waals surface area contributed by atoms with Crippen LogP contribution in [0.2, 0.25) is 0 Å². The maximum absolute atomic E-state index is 11.9. The molecule has 102 valence electrons. The van der Waals surface area contributed by atoms with E-state index < -0.39 is 0 Å². The minimum atomic E-state index is 0.137. The molecular formula is C13H19N5O. The van der Waals surface area contributed by atoms with E-state index in [4.69, 9.17) is 0 Å². The monoisotopic (exact) mass is 261 g/mol. The molecule has 0 saturated heterocycles. The van der Waals surface area contributed by atoms with Crippen LogP contribution in [0.1, 0.15) is 47.8 Å². The van der Waals surface area contributed by atoms with E-state index in [-0.39, 0.29) is 5.78 Å². The van der Waals surface area contributed by atoms with Crippen molar-refractivity contribution in [2.75, 3.05) is 0 Å². The second-order valence-electron chi connectivity index (χ2n) is 4.47. The smallest absolute Gasteiger partial charge is 0.166 e. The summed E-state index contributed by atoms with van der Waals surface area (Å²) in [5, 5.41) is 8.58. The van der Waals surface area contributed by atoms with Crippen LogP contribution in [0.4, 0.5) is 0 Å². The Bertz CT molecular complexity index is 596. The highest BCUT2D eigenvalue weighted by molar-refractivity contribution is 5.97. The fourth-order valence-corrected chi connectivity index (χ4v) is 2.24. The Morgan fingerprint density at radius 3 is 2.63 bits per heavy atom. The number of aromatic nitrogens is 5. The number of aryl methyl sites for hydroxylation is 2. The molecule has 2 aromatic rings. The number of nitrogens with zero attached hydrogens (tertiary/aromatic N) is 5. The topological polar surface area (TPSA) is 65.6 Å². The molecule has 2 heterocycles. The molecule has 0 N–H and O–H groups in total. The number of carbonyl (C=O) groups excluding carboxylic acids is 1. The van der Waals surface area contributed by atoms with Crippen molar-refractivity contribution in [1.29, 1.82) is 0 Å². The lowest BCUT2D eigenvalue weighted by atomic mass is 10.1. The van der Waals surface area contributed by atoms with Gasteiger partial charge in [-0.15, -0.1) is 0 Å². The fraction of sp³-hybridized carbons (Fsp3) is 0.538. The first-order valence-electron chi connectivity index (χ1n) is 6.52. The molecule has 0 radical (unpaired) electrons. The summed E-state index contributed by atoms with van der Waals surface area (Å²) in [6, 6.07) is 0. The van der Waals surface area contributed by atoms with E-state index in [1.165, 1.54) is 0 Å². The first-order chi connectivity index (χ1) is 9.08. The normalized spacial score (nSPS) is 10.9. The number of hydrogen-bond acceptors (Lipinski definition) is 4. The molecule has 19 heavy (non-hydrogen) atoms. The Hall–Kier alpha value is -1.98. The van der Waals surface area contributed by atoms with E-state index >= 15 is 0 Å². The zero-order chi connectivity index (χ0) is 14.0. The summed E-state index contributed by atoms with van der Waals surface area (Å²) < 4.78 is 3.66. The van der Waals surface area contributed by atoms with Crippen LogP contribution in [0, 0.1) is 13.8 Å². The van der Waals surface area contributed by atoms with Crippen LogP contribution in [0.3, 0.4) is 0 Å². The predicted octanol–water partition coefficient (Wildman–Crippen LogP) is 1.75. The molecule has 0 bridgehead atoms. The molecule has 6 heteroatoms. The largest absolute Gasteiger partial charge is 0.294 e. The lowest BCUT2D eigenvalue weighted by molar-refractivity contribution is 0.0987. The van der Waals surface area contributed by atoms with Crippen molar-refractivity contribution in [1.82, 2.24) is 24.5 Å². The SMILES string of the molecule is CCC(=O)c1c(C)nn(Cc2ncnn2CC)c1C. The molecular weight excluding hydrogens is 242 g/mol. The Kier molecular flexibility index (Phi) is 3.78. The first kappa shape index (κ1) is 13.5. The number of hydrogen-bond donors (Lipinski definition) is 0. The standard InChI is InChI=1S/C13H19N5O/c1-5-11(19)13-9(3)16-18(10(13)4)7-12-14-8-15-17(12)6-2/h8H,5-7H2,1-4H3. The Morgan fingerprint density at radius 2 is 2.00 bits per heavy atom. The summed E-state index contributed by atoms with van der Waals surface area (Å²) in [6.45, 7) is 9.00. The fourth-order valence-electron chi connectivity index (χ4n) is 2.24. The first-order valence-corrected chi connectivity index (χ1v) is 6.52. The van der Waals surface area contributed by atoms with Gasteiger partial charge < -0.3 is 0 Å². The number of rotatable bonds is 5. The van der Waals surface area contributed by atoms with Crippen molar-refractivity contribution < 1.29 is 4.79 Å². The van der Waals surface area contributed by atoms with Gasteiger partial charge in [0.1, 0.15) is 18.7 Å². The highest BCUT2D eigenvalue weighted by atomic mass is 16.1. The van der Waals surface area contributed by atoms with E-state index in [1.54, 1.807) is 6.33 Å². The third kappa shape index (κ3) is 2.43. The molecule has 2 aromatic heterocycles. The van der Waals surface area contributed by atoms with Crippen LogP contribution in [-0.4, -0.2) is 30.3 Å². The summed E-state index contributed by atoms with van der Waals surface area (Å²) >= 11 is 0. The third-order valence-corrected chi connectivity index (χ3v) is 3.27. The van der Waals surface area contributed by atoms with Gasteiger partial charge >= 0.3 is 0 Å². The van der Waals surface area contributed by atoms with Gasteiger partial charge in [0.25, 0.3) is 0 Å². The van der Waals surface area contributed by atoms with Crippen LogP contribution < -0.4 is 0 Å². The summed E-state index contributed by atoms with van der Waals surface area (Å²) in [5.41, 5.74) is 2.42. The quantitative estimate of drug-likeness (QED) is 0.769. The van der Waals surface area contributed by atoms with Gasteiger partial charge in [0.15, 0.2) is 5.78 Å². The second kappa shape index (κ2) is 5.34. The maximum atomic E-state index is 11.9. The van der Waals surface area contributed by atoms with Crippen LogP contribution in [0.25, 0.3) is 0 Å². The molecule has 0 aliphatic heterocycles. The van der Waals surface area contributed by atoms with E-state index in [0.29, 0.717) is 13.0 Å². The zero-order valence-electron chi connectivity index (χ0n) is 11.8. The molecule has 0 fully saturated rings. The Labute approximate surface area is 112 Å². The van der Waals surface area contributed by atoms with Crippen LogP contribution in [0.5, 0.6) is 0 Å². The van der Waals surface area contributed by atoms with E-state index in [1.807, 2.05) is 37.1 Å².